The number of esters is 1. The Labute approximate surface area is 163 Å². The van der Waals surface area contributed by atoms with E-state index >= 15 is 0 Å². The van der Waals surface area contributed by atoms with Crippen molar-refractivity contribution in [1.82, 2.24) is 9.62 Å². The molecule has 0 spiro atoms. The predicted octanol–water partition coefficient (Wildman–Crippen LogP) is 1.43. The van der Waals surface area contributed by atoms with Gasteiger partial charge in [-0.3, -0.25) is 4.79 Å². The molecule has 1 aromatic carbocycles. The van der Waals surface area contributed by atoms with E-state index in [4.69, 9.17) is 21.1 Å². The number of morpholine rings is 1. The van der Waals surface area contributed by atoms with Crippen molar-refractivity contribution in [3.63, 3.8) is 0 Å². The third kappa shape index (κ3) is 5.65. The number of nitrogens with zero attached hydrogens (tertiary/aromatic N) is 1. The van der Waals surface area contributed by atoms with Gasteiger partial charge in [0.15, 0.2) is 6.61 Å². The number of carbonyl (C=O) groups is 2. The Bertz CT molecular complexity index is 793. The van der Waals surface area contributed by atoms with Crippen LogP contribution in [0.5, 0.6) is 0 Å². The van der Waals surface area contributed by atoms with Gasteiger partial charge in [-0.15, -0.1) is 0 Å². The fourth-order valence-corrected chi connectivity index (χ4v) is 4.01. The summed E-state index contributed by atoms with van der Waals surface area (Å²) in [4.78, 5) is 23.9. The second-order valence-corrected chi connectivity index (χ2v) is 8.46. The molecule has 1 amide bonds. The van der Waals surface area contributed by atoms with Gasteiger partial charge in [-0.1, -0.05) is 18.5 Å². The van der Waals surface area contributed by atoms with Gasteiger partial charge in [0, 0.05) is 19.1 Å². The fourth-order valence-electron chi connectivity index (χ4n) is 2.38. The van der Waals surface area contributed by atoms with E-state index in [0.717, 1.165) is 6.42 Å². The van der Waals surface area contributed by atoms with Crippen LogP contribution in [-0.2, 0) is 24.3 Å². The maximum absolute atomic E-state index is 12.7. The van der Waals surface area contributed by atoms with E-state index in [0.29, 0.717) is 13.2 Å². The number of carbonyl (C=O) groups excluding carboxylic acids is 2. The summed E-state index contributed by atoms with van der Waals surface area (Å²) in [5, 5.41) is 2.71. The molecule has 1 atom stereocenters. The normalized spacial score (nSPS) is 16.6. The van der Waals surface area contributed by atoms with Crippen molar-refractivity contribution in [3.05, 3.63) is 28.8 Å². The zero-order valence-electron chi connectivity index (χ0n) is 15.2. The number of rotatable bonds is 7. The van der Waals surface area contributed by atoms with Crippen LogP contribution in [0.3, 0.4) is 0 Å². The maximum Gasteiger partial charge on any atom is 0.340 e. The Morgan fingerprint density at radius 2 is 2.00 bits per heavy atom. The number of nitrogens with one attached hydrogen (secondary N) is 1. The van der Waals surface area contributed by atoms with Gasteiger partial charge in [-0.25, -0.2) is 13.2 Å². The van der Waals surface area contributed by atoms with Crippen LogP contribution in [0, 0.1) is 0 Å². The minimum Gasteiger partial charge on any atom is -0.452 e. The lowest BCUT2D eigenvalue weighted by Crippen LogP contribution is -2.40. The van der Waals surface area contributed by atoms with Crippen LogP contribution < -0.4 is 5.32 Å². The summed E-state index contributed by atoms with van der Waals surface area (Å²) in [5.41, 5.74) is -0.109. The summed E-state index contributed by atoms with van der Waals surface area (Å²) in [7, 11) is -3.78. The van der Waals surface area contributed by atoms with Crippen LogP contribution in [0.2, 0.25) is 5.02 Å². The molecule has 1 fully saturated rings. The summed E-state index contributed by atoms with van der Waals surface area (Å²) in [6, 6.07) is 3.79. The topological polar surface area (TPSA) is 102 Å². The number of halogens is 1. The summed E-state index contributed by atoms with van der Waals surface area (Å²) in [6.07, 6.45) is 0.743. The smallest absolute Gasteiger partial charge is 0.340 e. The predicted molar refractivity (Wildman–Crippen MR) is 99.2 cm³/mol. The minimum absolute atomic E-state index is 0.0400. The quantitative estimate of drug-likeness (QED) is 0.672. The van der Waals surface area contributed by atoms with E-state index in [-0.39, 0.29) is 34.6 Å². The van der Waals surface area contributed by atoms with Gasteiger partial charge < -0.3 is 14.8 Å². The first-order chi connectivity index (χ1) is 12.8. The second-order valence-electron chi connectivity index (χ2n) is 6.11. The molecule has 0 aliphatic carbocycles. The third-order valence-electron chi connectivity index (χ3n) is 4.12. The van der Waals surface area contributed by atoms with E-state index in [1.807, 2.05) is 13.8 Å². The number of ether oxygens (including phenoxy) is 2. The van der Waals surface area contributed by atoms with E-state index in [2.05, 4.69) is 5.32 Å². The maximum atomic E-state index is 12.7. The van der Waals surface area contributed by atoms with Crippen molar-refractivity contribution in [1.29, 1.82) is 0 Å². The Balaban J connectivity index is 2.12. The van der Waals surface area contributed by atoms with Crippen LogP contribution >= 0.6 is 11.6 Å². The molecule has 2 rings (SSSR count). The molecule has 1 aromatic rings. The number of sulfonamides is 1. The van der Waals surface area contributed by atoms with E-state index < -0.39 is 28.5 Å². The number of amides is 1. The lowest BCUT2D eigenvalue weighted by Gasteiger charge is -2.26. The lowest BCUT2D eigenvalue weighted by molar-refractivity contribution is -0.124. The molecule has 0 aromatic heterocycles. The third-order valence-corrected chi connectivity index (χ3v) is 6.34. The van der Waals surface area contributed by atoms with Crippen molar-refractivity contribution in [2.75, 3.05) is 32.9 Å². The zero-order valence-corrected chi connectivity index (χ0v) is 16.8. The van der Waals surface area contributed by atoms with Crippen LogP contribution in [0.15, 0.2) is 23.1 Å². The van der Waals surface area contributed by atoms with Gasteiger partial charge in [0.05, 0.1) is 28.7 Å². The van der Waals surface area contributed by atoms with Crippen molar-refractivity contribution in [2.24, 2.45) is 0 Å². The first kappa shape index (κ1) is 21.6. The van der Waals surface area contributed by atoms with Crippen LogP contribution in [0.1, 0.15) is 30.6 Å². The highest BCUT2D eigenvalue weighted by Crippen LogP contribution is 2.24. The average molecular weight is 419 g/mol. The highest BCUT2D eigenvalue weighted by molar-refractivity contribution is 7.89. The largest absolute Gasteiger partial charge is 0.452 e. The number of benzene rings is 1. The summed E-state index contributed by atoms with van der Waals surface area (Å²) in [5.74, 6) is -1.30. The molecular formula is C17H23ClN2O6S. The van der Waals surface area contributed by atoms with Crippen LogP contribution in [0.4, 0.5) is 0 Å². The second kappa shape index (κ2) is 9.50. The van der Waals surface area contributed by atoms with Crippen molar-refractivity contribution in [3.8, 4) is 0 Å². The van der Waals surface area contributed by atoms with Gasteiger partial charge >= 0.3 is 5.97 Å². The molecule has 8 nitrogen and oxygen atoms in total. The van der Waals surface area contributed by atoms with Gasteiger partial charge in [-0.2, -0.15) is 4.31 Å². The minimum atomic E-state index is -3.78. The van der Waals surface area contributed by atoms with Gasteiger partial charge in [0.1, 0.15) is 0 Å². The summed E-state index contributed by atoms with van der Waals surface area (Å²) in [6.45, 7) is 4.37. The first-order valence-corrected chi connectivity index (χ1v) is 10.4. The average Bonchev–Trinajstić information content (AvgIpc) is 2.66. The molecular weight excluding hydrogens is 396 g/mol. The molecule has 1 saturated heterocycles. The summed E-state index contributed by atoms with van der Waals surface area (Å²) >= 11 is 6.02. The molecule has 27 heavy (non-hydrogen) atoms. The van der Waals surface area contributed by atoms with Crippen LogP contribution in [0.25, 0.3) is 0 Å². The fraction of sp³-hybridized carbons (Fsp3) is 0.529. The van der Waals surface area contributed by atoms with Crippen LogP contribution in [-0.4, -0.2) is 63.6 Å². The van der Waals surface area contributed by atoms with Crippen molar-refractivity contribution in [2.45, 2.75) is 31.2 Å². The molecule has 1 aliphatic rings. The lowest BCUT2D eigenvalue weighted by atomic mass is 10.2. The Morgan fingerprint density at radius 1 is 1.33 bits per heavy atom. The van der Waals surface area contributed by atoms with E-state index in [1.54, 1.807) is 0 Å². The van der Waals surface area contributed by atoms with E-state index in [1.165, 1.54) is 22.5 Å². The van der Waals surface area contributed by atoms with E-state index in [9.17, 15) is 18.0 Å². The van der Waals surface area contributed by atoms with Gasteiger partial charge in [0.2, 0.25) is 10.0 Å². The zero-order chi connectivity index (χ0) is 20.0. The molecule has 0 radical (unpaired) electrons. The van der Waals surface area contributed by atoms with Crippen molar-refractivity contribution >= 4 is 33.5 Å². The first-order valence-electron chi connectivity index (χ1n) is 8.59. The van der Waals surface area contributed by atoms with Gasteiger partial charge in [-0.05, 0) is 31.5 Å². The monoisotopic (exact) mass is 418 g/mol. The molecule has 150 valence electrons. The standard InChI is InChI=1S/C17H23ClN2O6S/c1-3-12(2)19-16(21)11-26-17(22)14-10-13(4-5-15(14)18)27(23,24)20-6-8-25-9-7-20/h4-5,10,12H,3,6-9,11H2,1-2H3,(H,19,21)/t12-/m1/s1. The Morgan fingerprint density at radius 3 is 2.63 bits per heavy atom. The SMILES string of the molecule is CC[C@@H](C)NC(=O)COC(=O)c1cc(S(=O)(=O)N2CCOCC2)ccc1Cl. The molecule has 1 N–H and O–H groups in total. The molecule has 0 unspecified atom stereocenters. The Hall–Kier alpha value is -1.68. The van der Waals surface area contributed by atoms with Crippen molar-refractivity contribution < 1.29 is 27.5 Å². The molecule has 1 heterocycles. The molecule has 1 aliphatic heterocycles. The molecule has 10 heteroatoms. The molecule has 0 bridgehead atoms. The number of hydrogen-bond acceptors (Lipinski definition) is 6. The summed E-state index contributed by atoms with van der Waals surface area (Å²) < 4.78 is 36.8. The highest BCUT2D eigenvalue weighted by atomic mass is 35.5. The Kier molecular flexibility index (Phi) is 7.60. The number of hydrogen-bond donors (Lipinski definition) is 1. The van der Waals surface area contributed by atoms with Gasteiger partial charge in [0.25, 0.3) is 5.91 Å². The molecule has 0 saturated carbocycles. The highest BCUT2D eigenvalue weighted by Gasteiger charge is 2.28.